The Labute approximate surface area is 240 Å². The molecule has 10 heteroatoms. The second-order valence-electron chi connectivity index (χ2n) is 9.84. The minimum Gasteiger partial charge on any atom is -0.466 e. The number of esters is 1. The van der Waals surface area contributed by atoms with E-state index in [4.69, 9.17) is 4.74 Å². The molecule has 8 nitrogen and oxygen atoms in total. The summed E-state index contributed by atoms with van der Waals surface area (Å²) in [6.45, 7) is 5.55. The van der Waals surface area contributed by atoms with Crippen LogP contribution in [0, 0.1) is 13.8 Å². The number of carbonyl (C=O) groups excluding carboxylic acids is 1. The Kier molecular flexibility index (Phi) is 7.63. The predicted molar refractivity (Wildman–Crippen MR) is 159 cm³/mol. The molecule has 1 unspecified atom stereocenters. The number of sulfonamides is 2. The highest BCUT2D eigenvalue weighted by Crippen LogP contribution is 2.51. The van der Waals surface area contributed by atoms with E-state index in [9.17, 15) is 21.6 Å². The summed E-state index contributed by atoms with van der Waals surface area (Å²) >= 11 is 0. The third-order valence-corrected chi connectivity index (χ3v) is 10.2. The van der Waals surface area contributed by atoms with Crippen molar-refractivity contribution in [2.75, 3.05) is 15.6 Å². The Hall–Kier alpha value is -4.15. The number of anilines is 2. The van der Waals surface area contributed by atoms with Crippen molar-refractivity contribution in [2.24, 2.45) is 0 Å². The smallest absolute Gasteiger partial charge is 0.308 e. The van der Waals surface area contributed by atoms with Gasteiger partial charge in [-0.2, -0.15) is 0 Å². The zero-order chi connectivity index (χ0) is 29.4. The number of aryl methyl sites for hydroxylation is 2. The van der Waals surface area contributed by atoms with Crippen LogP contribution in [0.3, 0.4) is 0 Å². The minimum atomic E-state index is -4.15. The van der Waals surface area contributed by atoms with Crippen LogP contribution in [0.2, 0.25) is 0 Å². The highest BCUT2D eigenvalue weighted by atomic mass is 32.2. The van der Waals surface area contributed by atoms with Gasteiger partial charge in [0.25, 0.3) is 20.0 Å². The lowest BCUT2D eigenvalue weighted by atomic mass is 9.87. The van der Waals surface area contributed by atoms with Crippen molar-refractivity contribution < 1.29 is 26.4 Å². The molecule has 0 saturated carbocycles. The molecule has 41 heavy (non-hydrogen) atoms. The fraction of sp³-hybridized carbons (Fsp3) is 0.194. The van der Waals surface area contributed by atoms with E-state index < -0.39 is 32.1 Å². The monoisotopic (exact) mass is 590 g/mol. The van der Waals surface area contributed by atoms with E-state index in [1.54, 1.807) is 73.7 Å². The summed E-state index contributed by atoms with van der Waals surface area (Å²) in [7, 11) is -8.13. The Morgan fingerprint density at radius 2 is 1.41 bits per heavy atom. The molecule has 1 heterocycles. The molecule has 212 valence electrons. The number of hydrogen-bond donors (Lipinski definition) is 1. The molecule has 4 aromatic carbocycles. The number of benzene rings is 4. The van der Waals surface area contributed by atoms with E-state index in [0.717, 1.165) is 11.1 Å². The van der Waals surface area contributed by atoms with Gasteiger partial charge in [-0.15, -0.1) is 0 Å². The summed E-state index contributed by atoms with van der Waals surface area (Å²) in [4.78, 5) is 13.0. The van der Waals surface area contributed by atoms with E-state index in [1.807, 2.05) is 13.8 Å². The maximum absolute atomic E-state index is 14.2. The van der Waals surface area contributed by atoms with Gasteiger partial charge in [-0.05, 0) is 62.7 Å². The van der Waals surface area contributed by atoms with Crippen molar-refractivity contribution >= 4 is 37.4 Å². The first-order valence-electron chi connectivity index (χ1n) is 13.1. The fourth-order valence-electron chi connectivity index (χ4n) is 5.02. The predicted octanol–water partition coefficient (Wildman–Crippen LogP) is 5.97. The van der Waals surface area contributed by atoms with Crippen molar-refractivity contribution in [1.29, 1.82) is 0 Å². The molecule has 1 atom stereocenters. The standard InChI is InChI=1S/C31H30N2O6S2/c1-4-39-30(34)20-29-26-9-7-10-27(32-40(35,36)23-16-12-21(2)13-17-23)31(26)25-8-5-6-11-28(25)33(29)41(37,38)24-18-14-22(3)15-19-24/h5-19,29,32H,4,20H2,1-3H3. The summed E-state index contributed by atoms with van der Waals surface area (Å²) in [5, 5.41) is 0. The Bertz CT molecular complexity index is 1820. The highest BCUT2D eigenvalue weighted by Gasteiger charge is 2.41. The van der Waals surface area contributed by atoms with Crippen molar-refractivity contribution in [1.82, 2.24) is 0 Å². The normalized spacial score (nSPS) is 14.6. The third kappa shape index (κ3) is 5.45. The molecule has 0 amide bonds. The van der Waals surface area contributed by atoms with Gasteiger partial charge in [0, 0.05) is 11.1 Å². The number of rotatable bonds is 8. The topological polar surface area (TPSA) is 110 Å². The zero-order valence-corrected chi connectivity index (χ0v) is 24.5. The van der Waals surface area contributed by atoms with Gasteiger partial charge in [0.2, 0.25) is 0 Å². The van der Waals surface area contributed by atoms with Crippen LogP contribution < -0.4 is 9.03 Å². The molecule has 5 rings (SSSR count). The van der Waals surface area contributed by atoms with Gasteiger partial charge in [-0.25, -0.2) is 16.8 Å². The average molecular weight is 591 g/mol. The molecule has 4 aromatic rings. The summed E-state index contributed by atoms with van der Waals surface area (Å²) in [6.07, 6.45) is -0.269. The maximum Gasteiger partial charge on any atom is 0.308 e. The third-order valence-electron chi connectivity index (χ3n) is 6.97. The van der Waals surface area contributed by atoms with Crippen LogP contribution in [0.25, 0.3) is 11.1 Å². The number of nitrogens with one attached hydrogen (secondary N) is 1. The Morgan fingerprint density at radius 3 is 2.05 bits per heavy atom. The van der Waals surface area contributed by atoms with E-state index in [0.29, 0.717) is 22.4 Å². The number of hydrogen-bond acceptors (Lipinski definition) is 6. The molecule has 0 aliphatic carbocycles. The van der Waals surface area contributed by atoms with Crippen molar-refractivity contribution in [2.45, 2.75) is 43.0 Å². The Morgan fingerprint density at radius 1 is 0.805 bits per heavy atom. The largest absolute Gasteiger partial charge is 0.466 e. The molecular weight excluding hydrogens is 560 g/mol. The van der Waals surface area contributed by atoms with Gasteiger partial charge >= 0.3 is 5.97 Å². The lowest BCUT2D eigenvalue weighted by Crippen LogP contribution is -2.39. The van der Waals surface area contributed by atoms with Crippen LogP contribution in [0.1, 0.15) is 36.1 Å². The molecule has 0 bridgehead atoms. The maximum atomic E-state index is 14.2. The van der Waals surface area contributed by atoms with Crippen LogP contribution in [-0.4, -0.2) is 29.4 Å². The number of para-hydroxylation sites is 1. The quantitative estimate of drug-likeness (QED) is 0.253. The van der Waals surface area contributed by atoms with Gasteiger partial charge in [0.1, 0.15) is 0 Å². The number of fused-ring (bicyclic) bond motifs is 3. The summed E-state index contributed by atoms with van der Waals surface area (Å²) in [6, 6.07) is 23.9. The molecule has 0 saturated heterocycles. The van der Waals surface area contributed by atoms with E-state index >= 15 is 0 Å². The lowest BCUT2D eigenvalue weighted by molar-refractivity contribution is -0.143. The van der Waals surface area contributed by atoms with Gasteiger partial charge in [0.15, 0.2) is 0 Å². The number of nitrogens with zero attached hydrogens (tertiary/aromatic N) is 1. The molecule has 0 radical (unpaired) electrons. The summed E-state index contributed by atoms with van der Waals surface area (Å²) < 4.78 is 64.4. The van der Waals surface area contributed by atoms with Crippen molar-refractivity contribution in [3.05, 3.63) is 108 Å². The van der Waals surface area contributed by atoms with Gasteiger partial charge in [-0.1, -0.05) is 65.7 Å². The molecule has 0 fully saturated rings. The highest BCUT2D eigenvalue weighted by molar-refractivity contribution is 7.93. The first-order chi connectivity index (χ1) is 19.5. The van der Waals surface area contributed by atoms with E-state index in [2.05, 4.69) is 4.72 Å². The molecule has 1 N–H and O–H groups in total. The minimum absolute atomic E-state index is 0.0754. The van der Waals surface area contributed by atoms with Gasteiger partial charge < -0.3 is 4.74 Å². The molecule has 1 aliphatic rings. The van der Waals surface area contributed by atoms with E-state index in [-0.39, 0.29) is 28.5 Å². The van der Waals surface area contributed by atoms with Crippen LogP contribution in [-0.2, 0) is 29.6 Å². The summed E-state index contributed by atoms with van der Waals surface area (Å²) in [5.74, 6) is -0.572. The van der Waals surface area contributed by atoms with E-state index in [1.165, 1.54) is 28.6 Å². The summed E-state index contributed by atoms with van der Waals surface area (Å²) in [5.41, 5.74) is 3.93. The first kappa shape index (κ1) is 28.4. The molecule has 0 spiro atoms. The molecular formula is C31H30N2O6S2. The molecule has 1 aliphatic heterocycles. The first-order valence-corrected chi connectivity index (χ1v) is 16.0. The second kappa shape index (κ2) is 11.0. The SMILES string of the molecule is CCOC(=O)CC1c2cccc(NS(=O)(=O)c3ccc(C)cc3)c2-c2ccccc2N1S(=O)(=O)c1ccc(C)cc1. The van der Waals surface area contributed by atoms with Gasteiger partial charge in [-0.3, -0.25) is 13.8 Å². The van der Waals surface area contributed by atoms with Crippen LogP contribution in [0.4, 0.5) is 11.4 Å². The van der Waals surface area contributed by atoms with Crippen LogP contribution >= 0.6 is 0 Å². The van der Waals surface area contributed by atoms with Crippen LogP contribution in [0.15, 0.2) is 101 Å². The molecule has 0 aromatic heterocycles. The van der Waals surface area contributed by atoms with Crippen molar-refractivity contribution in [3.8, 4) is 11.1 Å². The average Bonchev–Trinajstić information content (AvgIpc) is 2.93. The van der Waals surface area contributed by atoms with Crippen LogP contribution in [0.5, 0.6) is 0 Å². The second-order valence-corrected chi connectivity index (χ2v) is 13.3. The van der Waals surface area contributed by atoms with Gasteiger partial charge in [0.05, 0.1) is 40.2 Å². The fourth-order valence-corrected chi connectivity index (χ4v) is 7.74. The Balaban J connectivity index is 1.71. The zero-order valence-electron chi connectivity index (χ0n) is 22.9. The number of carbonyl (C=O) groups is 1. The number of ether oxygens (including phenoxy) is 1. The lowest BCUT2D eigenvalue weighted by Gasteiger charge is -2.39. The van der Waals surface area contributed by atoms with Crippen molar-refractivity contribution in [3.63, 3.8) is 0 Å².